The molecular formula is C10H14N2O3. The first kappa shape index (κ1) is 11.5. The highest BCUT2D eigenvalue weighted by molar-refractivity contribution is 5.93. The number of aliphatic hydroxyl groups excluding tert-OH is 1. The zero-order valence-electron chi connectivity index (χ0n) is 8.49. The SMILES string of the molecule is CCC(O)CNC(=O)c1ccc[nH]c1=O. The molecule has 82 valence electrons. The van der Waals surface area contributed by atoms with E-state index in [2.05, 4.69) is 10.3 Å². The van der Waals surface area contributed by atoms with Crippen molar-refractivity contribution in [1.29, 1.82) is 0 Å². The van der Waals surface area contributed by atoms with Crippen molar-refractivity contribution in [3.63, 3.8) is 0 Å². The van der Waals surface area contributed by atoms with Gasteiger partial charge in [-0.1, -0.05) is 6.92 Å². The lowest BCUT2D eigenvalue weighted by atomic mass is 10.2. The maximum Gasteiger partial charge on any atom is 0.260 e. The summed E-state index contributed by atoms with van der Waals surface area (Å²) in [4.78, 5) is 25.0. The van der Waals surface area contributed by atoms with E-state index < -0.39 is 17.6 Å². The van der Waals surface area contributed by atoms with Crippen molar-refractivity contribution in [3.05, 3.63) is 34.2 Å². The molecule has 0 fully saturated rings. The van der Waals surface area contributed by atoms with Crippen LogP contribution in [0.4, 0.5) is 0 Å². The van der Waals surface area contributed by atoms with Gasteiger partial charge in [-0.2, -0.15) is 0 Å². The molecule has 0 radical (unpaired) electrons. The summed E-state index contributed by atoms with van der Waals surface area (Å²) in [5.74, 6) is -0.468. The lowest BCUT2D eigenvalue weighted by Gasteiger charge is -2.08. The highest BCUT2D eigenvalue weighted by Gasteiger charge is 2.10. The van der Waals surface area contributed by atoms with E-state index in [-0.39, 0.29) is 12.1 Å². The maximum absolute atomic E-state index is 11.4. The Kier molecular flexibility index (Phi) is 4.05. The molecule has 0 saturated heterocycles. The summed E-state index contributed by atoms with van der Waals surface area (Å²) >= 11 is 0. The molecule has 0 aliphatic carbocycles. The van der Waals surface area contributed by atoms with E-state index >= 15 is 0 Å². The number of rotatable bonds is 4. The highest BCUT2D eigenvalue weighted by atomic mass is 16.3. The number of aliphatic hydroxyl groups is 1. The van der Waals surface area contributed by atoms with Crippen LogP contribution < -0.4 is 10.9 Å². The molecule has 5 nitrogen and oxygen atoms in total. The van der Waals surface area contributed by atoms with Crippen LogP contribution in [0.1, 0.15) is 23.7 Å². The number of carbonyl (C=O) groups excluding carboxylic acids is 1. The summed E-state index contributed by atoms with van der Waals surface area (Å²) in [6.07, 6.45) is 1.45. The Morgan fingerprint density at radius 2 is 2.40 bits per heavy atom. The van der Waals surface area contributed by atoms with Crippen LogP contribution in [-0.4, -0.2) is 28.6 Å². The van der Waals surface area contributed by atoms with E-state index in [4.69, 9.17) is 0 Å². The topological polar surface area (TPSA) is 82.2 Å². The minimum Gasteiger partial charge on any atom is -0.391 e. The number of aromatic nitrogens is 1. The first-order valence-corrected chi connectivity index (χ1v) is 4.79. The minimum absolute atomic E-state index is 0.0563. The van der Waals surface area contributed by atoms with Crippen LogP contribution in [-0.2, 0) is 0 Å². The third-order valence-electron chi connectivity index (χ3n) is 2.03. The summed E-state index contributed by atoms with van der Waals surface area (Å²) in [5, 5.41) is 11.7. The number of carbonyl (C=O) groups is 1. The summed E-state index contributed by atoms with van der Waals surface area (Å²) in [6.45, 7) is 1.97. The zero-order valence-corrected chi connectivity index (χ0v) is 8.49. The Hall–Kier alpha value is -1.62. The van der Waals surface area contributed by atoms with Gasteiger partial charge in [0, 0.05) is 12.7 Å². The third kappa shape index (κ3) is 3.21. The predicted octanol–water partition coefficient (Wildman–Crippen LogP) is -0.124. The molecule has 1 amide bonds. The second-order valence-electron chi connectivity index (χ2n) is 3.19. The van der Waals surface area contributed by atoms with Crippen LogP contribution in [0.5, 0.6) is 0 Å². The first-order chi connectivity index (χ1) is 7.15. The first-order valence-electron chi connectivity index (χ1n) is 4.79. The Bertz CT molecular complexity index is 386. The monoisotopic (exact) mass is 210 g/mol. The minimum atomic E-state index is -0.572. The lowest BCUT2D eigenvalue weighted by Crippen LogP contribution is -2.34. The molecule has 0 aliphatic rings. The fourth-order valence-corrected chi connectivity index (χ4v) is 1.05. The van der Waals surface area contributed by atoms with Crippen LogP contribution in [0, 0.1) is 0 Å². The number of hydrogen-bond donors (Lipinski definition) is 3. The Balaban J connectivity index is 2.62. The number of H-pyrrole nitrogens is 1. The van der Waals surface area contributed by atoms with Crippen LogP contribution >= 0.6 is 0 Å². The molecular weight excluding hydrogens is 196 g/mol. The van der Waals surface area contributed by atoms with Gasteiger partial charge in [-0.3, -0.25) is 9.59 Å². The predicted molar refractivity (Wildman–Crippen MR) is 55.7 cm³/mol. The smallest absolute Gasteiger partial charge is 0.260 e. The fourth-order valence-electron chi connectivity index (χ4n) is 1.05. The number of hydrogen-bond acceptors (Lipinski definition) is 3. The van der Waals surface area contributed by atoms with Crippen LogP contribution in [0.2, 0.25) is 0 Å². The quantitative estimate of drug-likeness (QED) is 0.647. The van der Waals surface area contributed by atoms with E-state index in [0.717, 1.165) is 0 Å². The largest absolute Gasteiger partial charge is 0.391 e. The van der Waals surface area contributed by atoms with E-state index in [1.807, 2.05) is 6.92 Å². The lowest BCUT2D eigenvalue weighted by molar-refractivity contribution is 0.0912. The standard InChI is InChI=1S/C10H14N2O3/c1-2-7(13)6-12-10(15)8-4-3-5-11-9(8)14/h3-5,7,13H,2,6H2,1H3,(H,11,14)(H,12,15). The van der Waals surface area contributed by atoms with Crippen LogP contribution in [0.15, 0.2) is 23.1 Å². The molecule has 0 saturated carbocycles. The molecule has 15 heavy (non-hydrogen) atoms. The van der Waals surface area contributed by atoms with Gasteiger partial charge in [0.1, 0.15) is 5.56 Å². The van der Waals surface area contributed by atoms with Crippen LogP contribution in [0.3, 0.4) is 0 Å². The van der Waals surface area contributed by atoms with Gasteiger partial charge in [0.25, 0.3) is 11.5 Å². The van der Waals surface area contributed by atoms with E-state index in [0.29, 0.717) is 6.42 Å². The molecule has 0 aromatic carbocycles. The van der Waals surface area contributed by atoms with E-state index in [1.165, 1.54) is 12.3 Å². The number of pyridine rings is 1. The van der Waals surface area contributed by atoms with Gasteiger partial charge in [-0.05, 0) is 18.6 Å². The van der Waals surface area contributed by atoms with E-state index in [1.54, 1.807) is 6.07 Å². The molecule has 3 N–H and O–H groups in total. The molecule has 1 aromatic heterocycles. The van der Waals surface area contributed by atoms with Crippen molar-refractivity contribution in [3.8, 4) is 0 Å². The Morgan fingerprint density at radius 3 is 3.00 bits per heavy atom. The van der Waals surface area contributed by atoms with Crippen molar-refractivity contribution in [2.24, 2.45) is 0 Å². The summed E-state index contributed by atoms with van der Waals surface area (Å²) in [5.41, 5.74) is -0.373. The maximum atomic E-state index is 11.4. The van der Waals surface area contributed by atoms with Gasteiger partial charge in [0.05, 0.1) is 6.10 Å². The van der Waals surface area contributed by atoms with Gasteiger partial charge in [0.2, 0.25) is 0 Å². The molecule has 0 aliphatic heterocycles. The van der Waals surface area contributed by atoms with Crippen molar-refractivity contribution in [2.75, 3.05) is 6.54 Å². The van der Waals surface area contributed by atoms with Gasteiger partial charge in [-0.25, -0.2) is 0 Å². The van der Waals surface area contributed by atoms with Crippen molar-refractivity contribution < 1.29 is 9.90 Å². The Morgan fingerprint density at radius 1 is 1.67 bits per heavy atom. The van der Waals surface area contributed by atoms with E-state index in [9.17, 15) is 14.7 Å². The van der Waals surface area contributed by atoms with Gasteiger partial charge in [-0.15, -0.1) is 0 Å². The second-order valence-corrected chi connectivity index (χ2v) is 3.19. The molecule has 0 bridgehead atoms. The molecule has 0 spiro atoms. The van der Waals surface area contributed by atoms with Crippen molar-refractivity contribution in [2.45, 2.75) is 19.4 Å². The van der Waals surface area contributed by atoms with Gasteiger partial charge in [0.15, 0.2) is 0 Å². The number of nitrogens with one attached hydrogen (secondary N) is 2. The average Bonchev–Trinajstić information content (AvgIpc) is 2.26. The Labute approximate surface area is 87.1 Å². The molecule has 5 heteroatoms. The van der Waals surface area contributed by atoms with Gasteiger partial charge < -0.3 is 15.4 Å². The van der Waals surface area contributed by atoms with Gasteiger partial charge >= 0.3 is 0 Å². The van der Waals surface area contributed by atoms with Crippen molar-refractivity contribution in [1.82, 2.24) is 10.3 Å². The second kappa shape index (κ2) is 5.31. The number of aromatic amines is 1. The normalized spacial score (nSPS) is 12.1. The summed E-state index contributed by atoms with van der Waals surface area (Å²) < 4.78 is 0. The molecule has 1 aromatic rings. The molecule has 1 atom stereocenters. The third-order valence-corrected chi connectivity index (χ3v) is 2.03. The highest BCUT2D eigenvalue weighted by Crippen LogP contribution is 1.91. The van der Waals surface area contributed by atoms with Crippen LogP contribution in [0.25, 0.3) is 0 Å². The average molecular weight is 210 g/mol. The van der Waals surface area contributed by atoms with Crippen molar-refractivity contribution >= 4 is 5.91 Å². The zero-order chi connectivity index (χ0) is 11.3. The molecule has 1 heterocycles. The summed E-state index contributed by atoms with van der Waals surface area (Å²) in [7, 11) is 0. The fraction of sp³-hybridized carbons (Fsp3) is 0.400. The number of amides is 1. The molecule has 1 unspecified atom stereocenters. The molecule has 1 rings (SSSR count). The summed E-state index contributed by atoms with van der Waals surface area (Å²) in [6, 6.07) is 3.01.